The highest BCUT2D eigenvalue weighted by atomic mass is 32.1. The highest BCUT2D eigenvalue weighted by Gasteiger charge is 2.81. The second kappa shape index (κ2) is 4.19. The fourth-order valence-electron chi connectivity index (χ4n) is 0.693. The van der Waals surface area contributed by atoms with Gasteiger partial charge in [0.1, 0.15) is 0 Å². The molecule has 0 aliphatic rings. The van der Waals surface area contributed by atoms with E-state index < -0.39 is 36.1 Å². The van der Waals surface area contributed by atoms with Crippen molar-refractivity contribution >= 4 is 12.6 Å². The molecule has 0 saturated heterocycles. The molecular formula is C6H4F9S. The molecule has 0 spiro atoms. The van der Waals surface area contributed by atoms with Crippen molar-refractivity contribution in [3.05, 3.63) is 0 Å². The molecule has 0 unspecified atom stereocenters. The van der Waals surface area contributed by atoms with Gasteiger partial charge in [-0.05, 0) is 0 Å². The van der Waals surface area contributed by atoms with Crippen LogP contribution in [0.5, 0.6) is 0 Å². The maximum Gasteiger partial charge on any atom is 0.460 e. The zero-order valence-corrected chi connectivity index (χ0v) is 8.04. The first kappa shape index (κ1) is 15.7. The van der Waals surface area contributed by atoms with Crippen LogP contribution < -0.4 is 0 Å². The maximum absolute atomic E-state index is 12.4. The van der Waals surface area contributed by atoms with Crippen molar-refractivity contribution in [2.45, 2.75) is 30.4 Å². The largest absolute Gasteiger partial charge is 0.460 e. The summed E-state index contributed by atoms with van der Waals surface area (Å²) >= 11 is 3.85. The third-order valence-corrected chi connectivity index (χ3v) is 1.83. The molecule has 97 valence electrons. The SMILES string of the molecule is FC(F)(F)C(F)(F)C(F)(F)C(F)(F)CC[S]. The van der Waals surface area contributed by atoms with Crippen molar-refractivity contribution in [2.24, 2.45) is 0 Å². The highest BCUT2D eigenvalue weighted by molar-refractivity contribution is 7.80. The third-order valence-electron chi connectivity index (χ3n) is 1.63. The normalized spacial score (nSPS) is 15.4. The minimum absolute atomic E-state index is 1.07. The minimum atomic E-state index is -6.81. The zero-order valence-electron chi connectivity index (χ0n) is 7.22. The minimum Gasteiger partial charge on any atom is -0.200 e. The molecule has 0 saturated carbocycles. The zero-order chi connectivity index (χ0) is 13.4. The van der Waals surface area contributed by atoms with Gasteiger partial charge in [-0.2, -0.15) is 39.5 Å². The van der Waals surface area contributed by atoms with Gasteiger partial charge >= 0.3 is 23.9 Å². The summed E-state index contributed by atoms with van der Waals surface area (Å²) in [5.74, 6) is -19.9. The number of alkyl halides is 9. The average Bonchev–Trinajstić information content (AvgIpc) is 2.01. The molecule has 0 atom stereocenters. The van der Waals surface area contributed by atoms with E-state index in [0.29, 0.717) is 0 Å². The summed E-state index contributed by atoms with van der Waals surface area (Å²) in [5.41, 5.74) is 0. The van der Waals surface area contributed by atoms with Crippen LogP contribution in [-0.2, 0) is 0 Å². The third kappa shape index (κ3) is 2.35. The van der Waals surface area contributed by atoms with Gasteiger partial charge in [0.2, 0.25) is 0 Å². The van der Waals surface area contributed by atoms with Gasteiger partial charge < -0.3 is 0 Å². The summed E-state index contributed by atoms with van der Waals surface area (Å²) in [5, 5.41) is 0. The first-order chi connectivity index (χ1) is 6.81. The maximum atomic E-state index is 12.4. The quantitative estimate of drug-likeness (QED) is 0.681. The molecule has 0 aliphatic heterocycles. The van der Waals surface area contributed by atoms with Crippen LogP contribution in [0.3, 0.4) is 0 Å². The van der Waals surface area contributed by atoms with Crippen LogP contribution in [0, 0.1) is 0 Å². The lowest BCUT2D eigenvalue weighted by Crippen LogP contribution is -2.60. The van der Waals surface area contributed by atoms with Crippen molar-refractivity contribution in [1.82, 2.24) is 0 Å². The van der Waals surface area contributed by atoms with Gasteiger partial charge in [0.25, 0.3) is 0 Å². The first-order valence-electron chi connectivity index (χ1n) is 3.59. The van der Waals surface area contributed by atoms with E-state index in [1.807, 2.05) is 0 Å². The van der Waals surface area contributed by atoms with Crippen molar-refractivity contribution in [2.75, 3.05) is 5.75 Å². The van der Waals surface area contributed by atoms with Crippen molar-refractivity contribution < 1.29 is 39.5 Å². The highest BCUT2D eigenvalue weighted by Crippen LogP contribution is 2.53. The van der Waals surface area contributed by atoms with Crippen LogP contribution in [0.25, 0.3) is 0 Å². The fourth-order valence-corrected chi connectivity index (χ4v) is 0.949. The first-order valence-corrected chi connectivity index (χ1v) is 4.17. The van der Waals surface area contributed by atoms with E-state index in [0.717, 1.165) is 0 Å². The predicted molar refractivity (Wildman–Crippen MR) is 38.0 cm³/mol. The van der Waals surface area contributed by atoms with Gasteiger partial charge in [-0.25, -0.2) is 0 Å². The molecule has 0 aliphatic carbocycles. The summed E-state index contributed by atoms with van der Waals surface area (Å²) in [7, 11) is 0. The Labute approximate surface area is 89.2 Å². The van der Waals surface area contributed by atoms with Crippen LogP contribution in [0.2, 0.25) is 0 Å². The predicted octanol–water partition coefficient (Wildman–Crippen LogP) is 4.04. The van der Waals surface area contributed by atoms with Gasteiger partial charge in [-0.1, -0.05) is 12.6 Å². The lowest BCUT2D eigenvalue weighted by atomic mass is 10.0. The molecule has 0 rings (SSSR count). The van der Waals surface area contributed by atoms with Gasteiger partial charge in [0.15, 0.2) is 0 Å². The van der Waals surface area contributed by atoms with E-state index in [9.17, 15) is 39.5 Å². The van der Waals surface area contributed by atoms with E-state index in [4.69, 9.17) is 0 Å². The van der Waals surface area contributed by atoms with Crippen LogP contribution in [0.15, 0.2) is 0 Å². The second-order valence-corrected chi connectivity index (χ2v) is 3.21. The van der Waals surface area contributed by atoms with E-state index in [1.165, 1.54) is 0 Å². The summed E-state index contributed by atoms with van der Waals surface area (Å²) in [4.78, 5) is 0. The Hall–Kier alpha value is -0.280. The Bertz CT molecular complexity index is 243. The van der Waals surface area contributed by atoms with E-state index in [1.54, 1.807) is 0 Å². The second-order valence-electron chi connectivity index (χ2n) is 2.81. The molecule has 0 amide bonds. The van der Waals surface area contributed by atoms with Gasteiger partial charge in [0, 0.05) is 12.2 Å². The Morgan fingerprint density at radius 2 is 1.06 bits per heavy atom. The van der Waals surface area contributed by atoms with Gasteiger partial charge in [-0.3, -0.25) is 0 Å². The Kier molecular flexibility index (Phi) is 4.12. The standard InChI is InChI=1S/C6H4F9S/c7-3(8,1-2-16)4(9,10)5(11,12)6(13,14)15/h1-2H2. The lowest BCUT2D eigenvalue weighted by molar-refractivity contribution is -0.396. The van der Waals surface area contributed by atoms with E-state index in [2.05, 4.69) is 12.6 Å². The van der Waals surface area contributed by atoms with E-state index in [-0.39, 0.29) is 0 Å². The summed E-state index contributed by atoms with van der Waals surface area (Å²) in [6.07, 6.45) is -8.71. The molecule has 0 bridgehead atoms. The summed E-state index contributed by atoms with van der Waals surface area (Å²) in [6, 6.07) is 0. The van der Waals surface area contributed by atoms with Crippen molar-refractivity contribution in [3.8, 4) is 0 Å². The Morgan fingerprint density at radius 1 is 0.688 bits per heavy atom. The topological polar surface area (TPSA) is 0 Å². The molecule has 0 aromatic carbocycles. The Balaban J connectivity index is 5.34. The van der Waals surface area contributed by atoms with Crippen molar-refractivity contribution in [3.63, 3.8) is 0 Å². The number of rotatable bonds is 4. The molecule has 0 aromatic heterocycles. The number of hydrogen-bond acceptors (Lipinski definition) is 0. The van der Waals surface area contributed by atoms with Crippen LogP contribution >= 0.6 is 12.6 Å². The smallest absolute Gasteiger partial charge is 0.200 e. The Morgan fingerprint density at radius 3 is 1.31 bits per heavy atom. The molecular weight excluding hydrogens is 275 g/mol. The monoisotopic (exact) mass is 279 g/mol. The molecule has 10 heteroatoms. The molecule has 1 radical (unpaired) electrons. The summed E-state index contributed by atoms with van der Waals surface area (Å²) in [6.45, 7) is 0. The molecule has 0 aromatic rings. The van der Waals surface area contributed by atoms with Gasteiger partial charge in [0.05, 0.1) is 0 Å². The molecule has 16 heavy (non-hydrogen) atoms. The van der Waals surface area contributed by atoms with Crippen LogP contribution in [0.1, 0.15) is 6.42 Å². The van der Waals surface area contributed by atoms with Gasteiger partial charge in [-0.15, -0.1) is 0 Å². The van der Waals surface area contributed by atoms with Crippen molar-refractivity contribution in [1.29, 1.82) is 0 Å². The summed E-state index contributed by atoms with van der Waals surface area (Å²) < 4.78 is 108. The fraction of sp³-hybridized carbons (Fsp3) is 1.00. The number of halogens is 9. The average molecular weight is 279 g/mol. The molecule has 0 heterocycles. The molecule has 0 N–H and O–H groups in total. The lowest BCUT2D eigenvalue weighted by Gasteiger charge is -2.33. The number of hydrogen-bond donors (Lipinski definition) is 0. The van der Waals surface area contributed by atoms with Crippen LogP contribution in [0.4, 0.5) is 39.5 Å². The van der Waals surface area contributed by atoms with E-state index >= 15 is 0 Å². The van der Waals surface area contributed by atoms with Crippen LogP contribution in [-0.4, -0.2) is 29.7 Å². The molecule has 0 nitrogen and oxygen atoms in total. The molecule has 0 fully saturated rings.